The van der Waals surface area contributed by atoms with Gasteiger partial charge in [0.05, 0.1) is 6.33 Å². The number of hydrogen-bond acceptors (Lipinski definition) is 4. The maximum Gasteiger partial charge on any atom is 0.354 e. The monoisotopic (exact) mass is 213 g/mol. The van der Waals surface area contributed by atoms with Gasteiger partial charge >= 0.3 is 5.97 Å². The lowest BCUT2D eigenvalue weighted by atomic mass is 10.3. The lowest BCUT2D eigenvalue weighted by molar-refractivity contribution is 0.0685. The molecule has 82 valence electrons. The van der Waals surface area contributed by atoms with Gasteiger partial charge in [-0.05, 0) is 6.42 Å². The van der Waals surface area contributed by atoms with Gasteiger partial charge < -0.3 is 20.5 Å². The number of aromatic carboxylic acids is 1. The number of hydrogen-bond donors (Lipinski definition) is 4. The second kappa shape index (κ2) is 5.11. The molecule has 1 heterocycles. The van der Waals surface area contributed by atoms with E-state index in [4.69, 9.17) is 10.2 Å². The fourth-order valence-corrected chi connectivity index (χ4v) is 0.994. The summed E-state index contributed by atoms with van der Waals surface area (Å²) < 4.78 is 0. The van der Waals surface area contributed by atoms with Crippen LogP contribution in [0.5, 0.6) is 0 Å². The fourth-order valence-electron chi connectivity index (χ4n) is 0.994. The summed E-state index contributed by atoms with van der Waals surface area (Å²) >= 11 is 0. The number of H-pyrrole nitrogens is 1. The summed E-state index contributed by atoms with van der Waals surface area (Å²) in [5.74, 6) is -1.80. The molecule has 0 bridgehead atoms. The number of aromatic nitrogens is 2. The number of aliphatic hydroxyl groups is 1. The first kappa shape index (κ1) is 11.2. The second-order valence-electron chi connectivity index (χ2n) is 2.76. The number of carbonyl (C=O) groups excluding carboxylic acids is 1. The Labute approximate surface area is 85.1 Å². The van der Waals surface area contributed by atoms with E-state index in [0.717, 1.165) is 6.33 Å². The minimum absolute atomic E-state index is 0.0351. The summed E-state index contributed by atoms with van der Waals surface area (Å²) in [4.78, 5) is 28.0. The Morgan fingerprint density at radius 1 is 1.53 bits per heavy atom. The molecule has 1 rings (SSSR count). The highest BCUT2D eigenvalue weighted by atomic mass is 16.4. The zero-order chi connectivity index (χ0) is 11.3. The SMILES string of the molecule is O=C(NCCCO)c1nc[nH]c1C(=O)O. The van der Waals surface area contributed by atoms with Crippen molar-refractivity contribution in [1.29, 1.82) is 0 Å². The molecule has 1 aromatic rings. The molecule has 0 atom stereocenters. The van der Waals surface area contributed by atoms with Crippen LogP contribution in [0.4, 0.5) is 0 Å². The number of amides is 1. The molecule has 0 saturated heterocycles. The molecule has 0 unspecified atom stereocenters. The highest BCUT2D eigenvalue weighted by molar-refractivity contribution is 6.02. The minimum atomic E-state index is -1.24. The van der Waals surface area contributed by atoms with Gasteiger partial charge in [-0.3, -0.25) is 4.79 Å². The number of carboxylic acid groups (broad SMARTS) is 1. The van der Waals surface area contributed by atoms with Gasteiger partial charge in [-0.1, -0.05) is 0 Å². The molecular formula is C8H11N3O4. The summed E-state index contributed by atoms with van der Waals surface area (Å²) in [7, 11) is 0. The number of rotatable bonds is 5. The van der Waals surface area contributed by atoms with Gasteiger partial charge in [0.25, 0.3) is 5.91 Å². The molecule has 4 N–H and O–H groups in total. The standard InChI is InChI=1S/C8H11N3O4/c12-3-1-2-9-7(13)5-6(8(14)15)11-4-10-5/h4,12H,1-3H2,(H,9,13)(H,10,11)(H,14,15). The third-order valence-electron chi connectivity index (χ3n) is 1.69. The van der Waals surface area contributed by atoms with Crippen molar-refractivity contribution in [3.63, 3.8) is 0 Å². The molecule has 15 heavy (non-hydrogen) atoms. The van der Waals surface area contributed by atoms with Crippen LogP contribution >= 0.6 is 0 Å². The van der Waals surface area contributed by atoms with Gasteiger partial charge in [0.15, 0.2) is 11.4 Å². The Balaban J connectivity index is 2.65. The maximum absolute atomic E-state index is 11.4. The predicted molar refractivity (Wildman–Crippen MR) is 49.6 cm³/mol. The molecule has 1 aromatic heterocycles. The van der Waals surface area contributed by atoms with E-state index in [-0.39, 0.29) is 24.5 Å². The number of aliphatic hydroxyl groups excluding tert-OH is 1. The molecule has 0 spiro atoms. The van der Waals surface area contributed by atoms with Crippen LogP contribution in [0.1, 0.15) is 27.4 Å². The molecule has 0 aromatic carbocycles. The van der Waals surface area contributed by atoms with Crippen molar-refractivity contribution in [3.8, 4) is 0 Å². The van der Waals surface area contributed by atoms with Crippen molar-refractivity contribution < 1.29 is 19.8 Å². The van der Waals surface area contributed by atoms with Crippen LogP contribution in [0.15, 0.2) is 6.33 Å². The van der Waals surface area contributed by atoms with E-state index in [1.54, 1.807) is 0 Å². The summed E-state index contributed by atoms with van der Waals surface area (Å²) in [6, 6.07) is 0. The molecule has 0 aliphatic carbocycles. The Morgan fingerprint density at radius 3 is 2.87 bits per heavy atom. The van der Waals surface area contributed by atoms with Crippen molar-refractivity contribution in [2.45, 2.75) is 6.42 Å². The van der Waals surface area contributed by atoms with Crippen molar-refractivity contribution in [2.75, 3.05) is 13.2 Å². The van der Waals surface area contributed by atoms with E-state index < -0.39 is 11.9 Å². The normalized spacial score (nSPS) is 9.93. The van der Waals surface area contributed by atoms with Crippen LogP contribution in [-0.2, 0) is 0 Å². The predicted octanol–water partition coefficient (Wildman–Crippen LogP) is -0.780. The van der Waals surface area contributed by atoms with E-state index in [2.05, 4.69) is 15.3 Å². The molecule has 1 amide bonds. The number of imidazole rings is 1. The maximum atomic E-state index is 11.4. The number of carbonyl (C=O) groups is 2. The third kappa shape index (κ3) is 2.78. The van der Waals surface area contributed by atoms with Gasteiger partial charge in [0.2, 0.25) is 0 Å². The summed E-state index contributed by atoms with van der Waals surface area (Å²) in [6.07, 6.45) is 1.56. The van der Waals surface area contributed by atoms with Gasteiger partial charge in [0, 0.05) is 13.2 Å². The smallest absolute Gasteiger partial charge is 0.354 e. The number of nitrogens with zero attached hydrogens (tertiary/aromatic N) is 1. The van der Waals surface area contributed by atoms with Crippen LogP contribution < -0.4 is 5.32 Å². The molecule has 0 radical (unpaired) electrons. The quantitative estimate of drug-likeness (QED) is 0.479. The van der Waals surface area contributed by atoms with E-state index in [1.807, 2.05) is 0 Å². The first-order valence-corrected chi connectivity index (χ1v) is 4.32. The minimum Gasteiger partial charge on any atom is -0.477 e. The van der Waals surface area contributed by atoms with Crippen LogP contribution in [0.3, 0.4) is 0 Å². The number of nitrogens with one attached hydrogen (secondary N) is 2. The fraction of sp³-hybridized carbons (Fsp3) is 0.375. The van der Waals surface area contributed by atoms with Crippen molar-refractivity contribution in [1.82, 2.24) is 15.3 Å². The van der Waals surface area contributed by atoms with Crippen LogP contribution in [0.25, 0.3) is 0 Å². The largest absolute Gasteiger partial charge is 0.477 e. The van der Waals surface area contributed by atoms with Crippen LogP contribution in [-0.4, -0.2) is 45.2 Å². The second-order valence-corrected chi connectivity index (χ2v) is 2.76. The first-order chi connectivity index (χ1) is 7.16. The highest BCUT2D eigenvalue weighted by Gasteiger charge is 2.18. The van der Waals surface area contributed by atoms with Crippen molar-refractivity contribution in [3.05, 3.63) is 17.7 Å². The van der Waals surface area contributed by atoms with Gasteiger partial charge in [-0.25, -0.2) is 9.78 Å². The Kier molecular flexibility index (Phi) is 3.81. The van der Waals surface area contributed by atoms with Gasteiger partial charge in [-0.2, -0.15) is 0 Å². The lowest BCUT2D eigenvalue weighted by Gasteiger charge is -2.01. The summed E-state index contributed by atoms with van der Waals surface area (Å²) in [5, 5.41) is 19.6. The molecule has 0 fully saturated rings. The molecule has 7 heteroatoms. The zero-order valence-electron chi connectivity index (χ0n) is 7.86. The average Bonchev–Trinajstić information content (AvgIpc) is 2.66. The third-order valence-corrected chi connectivity index (χ3v) is 1.69. The molecular weight excluding hydrogens is 202 g/mol. The summed E-state index contributed by atoms with van der Waals surface area (Å²) in [5.41, 5.74) is -0.392. The van der Waals surface area contributed by atoms with Gasteiger partial charge in [-0.15, -0.1) is 0 Å². The van der Waals surface area contributed by atoms with Crippen molar-refractivity contribution >= 4 is 11.9 Å². The Morgan fingerprint density at radius 2 is 2.27 bits per heavy atom. The molecule has 7 nitrogen and oxygen atoms in total. The highest BCUT2D eigenvalue weighted by Crippen LogP contribution is 2.02. The Hall–Kier alpha value is -1.89. The van der Waals surface area contributed by atoms with Crippen LogP contribution in [0, 0.1) is 0 Å². The van der Waals surface area contributed by atoms with E-state index in [0.29, 0.717) is 6.42 Å². The first-order valence-electron chi connectivity index (χ1n) is 4.32. The van der Waals surface area contributed by atoms with Crippen molar-refractivity contribution in [2.24, 2.45) is 0 Å². The van der Waals surface area contributed by atoms with Gasteiger partial charge in [0.1, 0.15) is 0 Å². The van der Waals surface area contributed by atoms with Crippen LogP contribution in [0.2, 0.25) is 0 Å². The van der Waals surface area contributed by atoms with E-state index in [1.165, 1.54) is 0 Å². The topological polar surface area (TPSA) is 115 Å². The number of carboxylic acids is 1. The zero-order valence-corrected chi connectivity index (χ0v) is 7.86. The average molecular weight is 213 g/mol. The molecule has 0 aliphatic rings. The lowest BCUT2D eigenvalue weighted by Crippen LogP contribution is -2.27. The van der Waals surface area contributed by atoms with E-state index >= 15 is 0 Å². The number of aromatic amines is 1. The molecule has 0 saturated carbocycles. The molecule has 0 aliphatic heterocycles. The Bertz CT molecular complexity index is 361. The van der Waals surface area contributed by atoms with E-state index in [9.17, 15) is 9.59 Å². The summed E-state index contributed by atoms with van der Waals surface area (Å²) in [6.45, 7) is 0.244.